The van der Waals surface area contributed by atoms with Crippen LogP contribution in [0.4, 0.5) is 0 Å². The summed E-state index contributed by atoms with van der Waals surface area (Å²) >= 11 is 0. The molecule has 4 nitrogen and oxygen atoms in total. The average Bonchev–Trinajstić information content (AvgIpc) is 3.01. The van der Waals surface area contributed by atoms with Crippen LogP contribution in [0.3, 0.4) is 0 Å². The van der Waals surface area contributed by atoms with Gasteiger partial charge >= 0.3 is 0 Å². The fraction of sp³-hybridized carbons (Fsp3) is 0.667. The molecule has 5 heteroatoms. The lowest BCUT2D eigenvalue weighted by atomic mass is 10.0. The topological polar surface area (TPSA) is 49.4 Å². The van der Waals surface area contributed by atoms with Gasteiger partial charge in [-0.1, -0.05) is 42.7 Å². The van der Waals surface area contributed by atoms with Crippen molar-refractivity contribution >= 4 is 10.0 Å². The maximum atomic E-state index is 12.4. The zero-order valence-corrected chi connectivity index (χ0v) is 14.8. The molecule has 0 amide bonds. The van der Waals surface area contributed by atoms with Crippen molar-refractivity contribution < 1.29 is 8.42 Å². The highest BCUT2D eigenvalue weighted by Crippen LogP contribution is 2.26. The Morgan fingerprint density at radius 3 is 2.48 bits per heavy atom. The van der Waals surface area contributed by atoms with Gasteiger partial charge in [0.1, 0.15) is 0 Å². The van der Waals surface area contributed by atoms with E-state index in [0.717, 1.165) is 43.1 Å². The Hall–Kier alpha value is -0.910. The number of piperidine rings is 1. The summed E-state index contributed by atoms with van der Waals surface area (Å²) in [5.41, 5.74) is 1.96. The van der Waals surface area contributed by atoms with Gasteiger partial charge in [0.05, 0.1) is 5.75 Å². The first-order chi connectivity index (χ1) is 11.0. The summed E-state index contributed by atoms with van der Waals surface area (Å²) in [6.07, 6.45) is 7.22. The van der Waals surface area contributed by atoms with Crippen LogP contribution in [0.15, 0.2) is 24.3 Å². The van der Waals surface area contributed by atoms with E-state index in [1.54, 1.807) is 0 Å². The lowest BCUT2D eigenvalue weighted by Gasteiger charge is -2.36. The van der Waals surface area contributed by atoms with Gasteiger partial charge in [-0.2, -0.15) is 0 Å². The predicted octanol–water partition coefficient (Wildman–Crippen LogP) is 2.82. The van der Waals surface area contributed by atoms with Crippen LogP contribution in [0.2, 0.25) is 0 Å². The molecule has 23 heavy (non-hydrogen) atoms. The van der Waals surface area contributed by atoms with Gasteiger partial charge < -0.3 is 4.90 Å². The number of rotatable bonds is 5. The molecule has 0 spiro atoms. The predicted molar refractivity (Wildman–Crippen MR) is 93.8 cm³/mol. The molecule has 2 aliphatic rings. The highest BCUT2D eigenvalue weighted by Gasteiger charge is 2.28. The lowest BCUT2D eigenvalue weighted by molar-refractivity contribution is 0.151. The maximum Gasteiger partial charge on any atom is 0.216 e. The summed E-state index contributed by atoms with van der Waals surface area (Å²) in [4.78, 5) is 2.57. The quantitative estimate of drug-likeness (QED) is 0.899. The number of benzene rings is 1. The number of likely N-dealkylation sites (tertiary alicyclic amines) is 1. The van der Waals surface area contributed by atoms with Gasteiger partial charge in [-0.3, -0.25) is 0 Å². The lowest BCUT2D eigenvalue weighted by Crippen LogP contribution is -2.47. The monoisotopic (exact) mass is 336 g/mol. The average molecular weight is 337 g/mol. The maximum absolute atomic E-state index is 12.4. The van der Waals surface area contributed by atoms with Crippen molar-refractivity contribution in [3.05, 3.63) is 35.4 Å². The van der Waals surface area contributed by atoms with Crippen molar-refractivity contribution in [1.82, 2.24) is 9.62 Å². The Morgan fingerprint density at radius 1 is 1.13 bits per heavy atom. The molecule has 0 radical (unpaired) electrons. The fourth-order valence-corrected chi connectivity index (χ4v) is 5.41. The SMILES string of the molecule is Cc1cccc(CS(=O)(=O)NC2CCN(C3CCCC3)CC2)c1. The molecule has 0 atom stereocenters. The number of nitrogens with zero attached hydrogens (tertiary/aromatic N) is 1. The van der Waals surface area contributed by atoms with Gasteiger partial charge in [0.2, 0.25) is 10.0 Å². The molecule has 0 unspecified atom stereocenters. The van der Waals surface area contributed by atoms with Crippen LogP contribution in [0.1, 0.15) is 49.7 Å². The molecule has 1 N–H and O–H groups in total. The Labute approximate surface area is 140 Å². The Morgan fingerprint density at radius 2 is 1.83 bits per heavy atom. The highest BCUT2D eigenvalue weighted by atomic mass is 32.2. The van der Waals surface area contributed by atoms with Gasteiger partial charge in [0.25, 0.3) is 0 Å². The van der Waals surface area contributed by atoms with Crippen LogP contribution in [-0.4, -0.2) is 38.5 Å². The molecule has 3 rings (SSSR count). The largest absolute Gasteiger partial charge is 0.300 e. The smallest absolute Gasteiger partial charge is 0.216 e. The minimum absolute atomic E-state index is 0.0809. The highest BCUT2D eigenvalue weighted by molar-refractivity contribution is 7.88. The Balaban J connectivity index is 1.51. The number of aryl methyl sites for hydroxylation is 1. The Kier molecular flexibility index (Phi) is 5.39. The van der Waals surface area contributed by atoms with Crippen molar-refractivity contribution in [1.29, 1.82) is 0 Å². The number of nitrogens with one attached hydrogen (secondary N) is 1. The van der Waals surface area contributed by atoms with Gasteiger partial charge in [-0.15, -0.1) is 0 Å². The number of hydrogen-bond acceptors (Lipinski definition) is 3. The Bertz CT molecular complexity index is 616. The van der Waals surface area contributed by atoms with Gasteiger partial charge in [0, 0.05) is 12.1 Å². The van der Waals surface area contributed by atoms with E-state index in [0.29, 0.717) is 0 Å². The second-order valence-corrected chi connectivity index (χ2v) is 8.87. The summed E-state index contributed by atoms with van der Waals surface area (Å²) in [6.45, 7) is 4.05. The van der Waals surface area contributed by atoms with Crippen LogP contribution < -0.4 is 4.72 Å². The summed E-state index contributed by atoms with van der Waals surface area (Å²) in [6, 6.07) is 8.58. The minimum atomic E-state index is -3.26. The van der Waals surface area contributed by atoms with E-state index in [9.17, 15) is 8.42 Å². The van der Waals surface area contributed by atoms with E-state index in [-0.39, 0.29) is 11.8 Å². The third-order valence-corrected chi connectivity index (χ3v) is 6.56. The van der Waals surface area contributed by atoms with Crippen molar-refractivity contribution in [2.75, 3.05) is 13.1 Å². The van der Waals surface area contributed by atoms with Crippen LogP contribution in [0.25, 0.3) is 0 Å². The van der Waals surface area contributed by atoms with Crippen molar-refractivity contribution in [3.63, 3.8) is 0 Å². The number of hydrogen-bond donors (Lipinski definition) is 1. The molecule has 1 heterocycles. The third kappa shape index (κ3) is 4.78. The first-order valence-electron chi connectivity index (χ1n) is 8.81. The molecule has 1 saturated heterocycles. The van der Waals surface area contributed by atoms with Crippen LogP contribution in [-0.2, 0) is 15.8 Å². The molecule has 2 fully saturated rings. The van der Waals surface area contributed by atoms with E-state index in [2.05, 4.69) is 9.62 Å². The van der Waals surface area contributed by atoms with Crippen LogP contribution in [0, 0.1) is 6.92 Å². The molecular formula is C18H28N2O2S. The first-order valence-corrected chi connectivity index (χ1v) is 10.5. The minimum Gasteiger partial charge on any atom is -0.300 e. The van der Waals surface area contributed by atoms with Crippen LogP contribution >= 0.6 is 0 Å². The second-order valence-electron chi connectivity index (χ2n) is 7.11. The van der Waals surface area contributed by atoms with Gasteiger partial charge in [-0.25, -0.2) is 13.1 Å². The zero-order valence-electron chi connectivity index (χ0n) is 14.0. The normalized spacial score (nSPS) is 21.8. The molecule has 1 saturated carbocycles. The molecule has 1 aliphatic carbocycles. The van der Waals surface area contributed by atoms with E-state index in [1.165, 1.54) is 25.7 Å². The molecular weight excluding hydrogens is 308 g/mol. The summed E-state index contributed by atoms with van der Waals surface area (Å²) in [7, 11) is -3.26. The van der Waals surface area contributed by atoms with E-state index < -0.39 is 10.0 Å². The van der Waals surface area contributed by atoms with Crippen molar-refractivity contribution in [2.24, 2.45) is 0 Å². The molecule has 128 valence electrons. The second kappa shape index (κ2) is 7.32. The van der Waals surface area contributed by atoms with Crippen molar-refractivity contribution in [3.8, 4) is 0 Å². The molecule has 0 aromatic heterocycles. The standard InChI is InChI=1S/C18H28N2O2S/c1-15-5-4-6-16(13-15)14-23(21,22)19-17-9-11-20(12-10-17)18-7-2-3-8-18/h4-6,13,17-19H,2-3,7-12,14H2,1H3. The zero-order chi connectivity index (χ0) is 16.3. The fourth-order valence-electron chi connectivity index (χ4n) is 3.97. The molecule has 1 aromatic carbocycles. The summed E-state index contributed by atoms with van der Waals surface area (Å²) < 4.78 is 27.7. The third-order valence-electron chi connectivity index (χ3n) is 5.16. The van der Waals surface area contributed by atoms with E-state index in [4.69, 9.17) is 0 Å². The first kappa shape index (κ1) is 16.9. The summed E-state index contributed by atoms with van der Waals surface area (Å²) in [5.74, 6) is 0.0809. The van der Waals surface area contributed by atoms with Gasteiger partial charge in [-0.05, 0) is 51.3 Å². The van der Waals surface area contributed by atoms with E-state index >= 15 is 0 Å². The van der Waals surface area contributed by atoms with E-state index in [1.807, 2.05) is 31.2 Å². The number of sulfonamides is 1. The molecule has 1 aromatic rings. The molecule has 1 aliphatic heterocycles. The summed E-state index contributed by atoms with van der Waals surface area (Å²) in [5, 5.41) is 0. The van der Waals surface area contributed by atoms with Crippen molar-refractivity contribution in [2.45, 2.75) is 63.3 Å². The van der Waals surface area contributed by atoms with Crippen LogP contribution in [0.5, 0.6) is 0 Å². The molecule has 0 bridgehead atoms. The van der Waals surface area contributed by atoms with Gasteiger partial charge in [0.15, 0.2) is 0 Å².